The lowest BCUT2D eigenvalue weighted by Crippen LogP contribution is -2.37. The smallest absolute Gasteiger partial charge is 0.414 e. The van der Waals surface area contributed by atoms with Gasteiger partial charge < -0.3 is 25.2 Å². The summed E-state index contributed by atoms with van der Waals surface area (Å²) in [5, 5.41) is 15.9. The van der Waals surface area contributed by atoms with Crippen molar-refractivity contribution in [2.24, 2.45) is 0 Å². The minimum absolute atomic E-state index is 0.175. The van der Waals surface area contributed by atoms with Gasteiger partial charge in [-0.2, -0.15) is 0 Å². The molecule has 0 radical (unpaired) electrons. The van der Waals surface area contributed by atoms with E-state index in [0.29, 0.717) is 34.1 Å². The first-order chi connectivity index (χ1) is 20.2. The molecule has 2 aliphatic rings. The van der Waals surface area contributed by atoms with Gasteiger partial charge in [-0.25, -0.2) is 4.79 Å². The third kappa shape index (κ3) is 6.97. The number of anilines is 1. The number of carbonyl (C=O) groups is 2. The number of halogens is 1. The fourth-order valence-electron chi connectivity index (χ4n) is 5.50. The van der Waals surface area contributed by atoms with Crippen LogP contribution in [0.25, 0.3) is 5.69 Å². The van der Waals surface area contributed by atoms with Crippen LogP contribution < -0.4 is 25.8 Å². The Morgan fingerprint density at radius 3 is 2.57 bits per heavy atom. The molecule has 1 aliphatic heterocycles. The highest BCUT2D eigenvalue weighted by Crippen LogP contribution is 2.29. The molecule has 3 heterocycles. The van der Waals surface area contributed by atoms with E-state index in [2.05, 4.69) is 10.6 Å². The lowest BCUT2D eigenvalue weighted by Gasteiger charge is -2.26. The van der Waals surface area contributed by atoms with Crippen LogP contribution in [0.5, 0.6) is 5.75 Å². The van der Waals surface area contributed by atoms with Gasteiger partial charge in [0.1, 0.15) is 12.7 Å². The SMILES string of the molecule is Cc1cc(N2CC(CNC(=O)c3ccc(Cl)s3)OC2=O)cc(C)c1-n1cccc(OCCNC2CCC(O)CC2)c1=O. The van der Waals surface area contributed by atoms with Crippen molar-refractivity contribution in [1.82, 2.24) is 15.2 Å². The van der Waals surface area contributed by atoms with Crippen LogP contribution in [-0.4, -0.2) is 66.2 Å². The Hall–Kier alpha value is -3.38. The molecule has 5 rings (SSSR count). The molecule has 1 aromatic carbocycles. The molecule has 2 amide bonds. The summed E-state index contributed by atoms with van der Waals surface area (Å²) in [5.74, 6) is -0.00520. The molecule has 224 valence electrons. The second-order valence-corrected chi connectivity index (χ2v) is 12.4. The van der Waals surface area contributed by atoms with Crippen LogP contribution in [0.1, 0.15) is 46.5 Å². The van der Waals surface area contributed by atoms with Crippen molar-refractivity contribution < 1.29 is 24.2 Å². The number of hydrogen-bond donors (Lipinski definition) is 3. The maximum absolute atomic E-state index is 13.3. The van der Waals surface area contributed by atoms with Crippen LogP contribution in [0.4, 0.5) is 10.5 Å². The number of amides is 2. The van der Waals surface area contributed by atoms with Crippen molar-refractivity contribution in [3.8, 4) is 11.4 Å². The van der Waals surface area contributed by atoms with Gasteiger partial charge in [-0.3, -0.25) is 19.1 Å². The number of rotatable bonds is 10. The minimum Gasteiger partial charge on any atom is -0.487 e. The van der Waals surface area contributed by atoms with Gasteiger partial charge in [0.05, 0.1) is 34.1 Å². The molecule has 1 atom stereocenters. The highest BCUT2D eigenvalue weighted by atomic mass is 35.5. The second-order valence-electron chi connectivity index (χ2n) is 10.7. The number of pyridine rings is 1. The molecule has 42 heavy (non-hydrogen) atoms. The van der Waals surface area contributed by atoms with Gasteiger partial charge >= 0.3 is 6.09 Å². The number of carbonyl (C=O) groups excluding carboxylic acids is 2. The third-order valence-corrected chi connectivity index (χ3v) is 8.82. The van der Waals surface area contributed by atoms with Crippen LogP contribution in [0.2, 0.25) is 4.34 Å². The van der Waals surface area contributed by atoms with E-state index in [1.165, 1.54) is 16.2 Å². The Morgan fingerprint density at radius 1 is 1.14 bits per heavy atom. The molecule has 1 unspecified atom stereocenters. The van der Waals surface area contributed by atoms with Gasteiger partial charge in [0.25, 0.3) is 11.5 Å². The highest BCUT2D eigenvalue weighted by Gasteiger charge is 2.33. The van der Waals surface area contributed by atoms with E-state index in [9.17, 15) is 19.5 Å². The number of ether oxygens (including phenoxy) is 2. The van der Waals surface area contributed by atoms with Gasteiger partial charge in [-0.05, 0) is 87.1 Å². The lowest BCUT2D eigenvalue weighted by atomic mass is 9.93. The standard InChI is InChI=1S/C30H35ClN4O6S/c1-18-14-21(35-17-23(41-30(35)39)16-33-28(37)25-9-10-26(31)42-25)15-19(2)27(18)34-12-3-4-24(29(34)38)40-13-11-32-20-5-7-22(36)8-6-20/h3-4,9-10,12,14-15,20,22-23,32,36H,5-8,11,13,16-17H2,1-2H3,(H,33,37). The van der Waals surface area contributed by atoms with Crippen LogP contribution in [0, 0.1) is 13.8 Å². The zero-order valence-corrected chi connectivity index (χ0v) is 25.2. The Balaban J connectivity index is 1.21. The number of cyclic esters (lactones) is 1. The molecule has 3 N–H and O–H groups in total. The first-order valence-corrected chi connectivity index (χ1v) is 15.3. The van der Waals surface area contributed by atoms with Gasteiger partial charge in [-0.15, -0.1) is 11.3 Å². The fraction of sp³-hybridized carbons (Fsp3) is 0.433. The molecule has 10 nitrogen and oxygen atoms in total. The summed E-state index contributed by atoms with van der Waals surface area (Å²) in [6.07, 6.45) is 4.00. The summed E-state index contributed by atoms with van der Waals surface area (Å²) in [7, 11) is 0. The molecule has 3 aromatic rings. The maximum Gasteiger partial charge on any atom is 0.414 e. The predicted molar refractivity (Wildman–Crippen MR) is 163 cm³/mol. The van der Waals surface area contributed by atoms with E-state index < -0.39 is 12.2 Å². The number of aryl methyl sites for hydroxylation is 2. The molecule has 0 spiro atoms. The van der Waals surface area contributed by atoms with Gasteiger partial charge in [0, 0.05) is 24.5 Å². The minimum atomic E-state index is -0.507. The molecule has 2 fully saturated rings. The number of thiophene rings is 1. The molecule has 12 heteroatoms. The number of nitrogens with one attached hydrogen (secondary N) is 2. The summed E-state index contributed by atoms with van der Waals surface area (Å²) in [6, 6.07) is 10.8. The van der Waals surface area contributed by atoms with E-state index in [0.717, 1.165) is 42.5 Å². The molecular formula is C30H35ClN4O6S. The summed E-state index contributed by atoms with van der Waals surface area (Å²) >= 11 is 7.10. The molecule has 2 aromatic heterocycles. The molecule has 1 saturated carbocycles. The van der Waals surface area contributed by atoms with E-state index in [1.54, 1.807) is 35.0 Å². The van der Waals surface area contributed by atoms with E-state index >= 15 is 0 Å². The van der Waals surface area contributed by atoms with Gasteiger partial charge in [0.15, 0.2) is 5.75 Å². The Kier molecular flexibility index (Phi) is 9.52. The quantitative estimate of drug-likeness (QED) is 0.293. The van der Waals surface area contributed by atoms with E-state index in [1.807, 2.05) is 26.0 Å². The molecule has 1 aliphatic carbocycles. The van der Waals surface area contributed by atoms with E-state index in [-0.39, 0.29) is 36.4 Å². The predicted octanol–water partition coefficient (Wildman–Crippen LogP) is 4.20. The van der Waals surface area contributed by atoms with Crippen molar-refractivity contribution >= 4 is 40.6 Å². The lowest BCUT2D eigenvalue weighted by molar-refractivity contribution is 0.0920. The topological polar surface area (TPSA) is 122 Å². The summed E-state index contributed by atoms with van der Waals surface area (Å²) in [6.45, 7) is 5.20. The van der Waals surface area contributed by atoms with Gasteiger partial charge in [-0.1, -0.05) is 11.6 Å². The van der Waals surface area contributed by atoms with Gasteiger partial charge in [0.2, 0.25) is 0 Å². The zero-order valence-electron chi connectivity index (χ0n) is 23.6. The third-order valence-electron chi connectivity index (χ3n) is 7.59. The number of aliphatic hydroxyl groups excluding tert-OH is 1. The summed E-state index contributed by atoms with van der Waals surface area (Å²) < 4.78 is 13.4. The average Bonchev–Trinajstić information content (AvgIpc) is 3.57. The summed E-state index contributed by atoms with van der Waals surface area (Å²) in [5.41, 5.74) is 2.73. The highest BCUT2D eigenvalue weighted by molar-refractivity contribution is 7.18. The Bertz CT molecular complexity index is 1480. The van der Waals surface area contributed by atoms with Crippen molar-refractivity contribution in [1.29, 1.82) is 0 Å². The van der Waals surface area contributed by atoms with Crippen molar-refractivity contribution in [2.75, 3.05) is 31.1 Å². The van der Waals surface area contributed by atoms with Crippen molar-refractivity contribution in [3.05, 3.63) is 73.3 Å². The zero-order chi connectivity index (χ0) is 29.8. The number of benzene rings is 1. The number of aromatic nitrogens is 1. The first-order valence-electron chi connectivity index (χ1n) is 14.1. The fourth-order valence-corrected chi connectivity index (χ4v) is 6.46. The Morgan fingerprint density at radius 2 is 1.88 bits per heavy atom. The average molecular weight is 615 g/mol. The monoisotopic (exact) mass is 614 g/mol. The molecule has 0 bridgehead atoms. The molecule has 1 saturated heterocycles. The second kappa shape index (κ2) is 13.3. The maximum atomic E-state index is 13.3. The van der Waals surface area contributed by atoms with Crippen LogP contribution >= 0.6 is 22.9 Å². The Labute approximate surface area is 253 Å². The first kappa shape index (κ1) is 30.1. The number of nitrogens with zero attached hydrogens (tertiary/aromatic N) is 2. The van der Waals surface area contributed by atoms with Crippen LogP contribution in [0.3, 0.4) is 0 Å². The normalized spacial score (nSPS) is 20.4. The number of hydrogen-bond acceptors (Lipinski definition) is 8. The van der Waals surface area contributed by atoms with Crippen LogP contribution in [-0.2, 0) is 4.74 Å². The van der Waals surface area contributed by atoms with Crippen LogP contribution in [0.15, 0.2) is 47.4 Å². The largest absolute Gasteiger partial charge is 0.487 e. The van der Waals surface area contributed by atoms with E-state index in [4.69, 9.17) is 21.1 Å². The van der Waals surface area contributed by atoms with Crippen molar-refractivity contribution in [2.45, 2.75) is 57.8 Å². The summed E-state index contributed by atoms with van der Waals surface area (Å²) in [4.78, 5) is 40.4. The van der Waals surface area contributed by atoms with Crippen molar-refractivity contribution in [3.63, 3.8) is 0 Å². The number of aliphatic hydroxyl groups is 1. The molecular weight excluding hydrogens is 580 g/mol.